The molecule has 0 aliphatic rings. The molecule has 0 unspecified atom stereocenters. The van der Waals surface area contributed by atoms with Gasteiger partial charge in [0.25, 0.3) is 0 Å². The van der Waals surface area contributed by atoms with Crippen LogP contribution in [-0.2, 0) is 0 Å². The highest BCUT2D eigenvalue weighted by atomic mass is 79.9. The number of methoxy groups -OCH3 is 2. The summed E-state index contributed by atoms with van der Waals surface area (Å²) >= 11 is 4.94. The molecule has 0 atom stereocenters. The summed E-state index contributed by atoms with van der Waals surface area (Å²) in [7, 11) is 3.22. The van der Waals surface area contributed by atoms with E-state index in [2.05, 4.69) is 31.4 Å². The van der Waals surface area contributed by atoms with Gasteiger partial charge in [0.1, 0.15) is 0 Å². The molecule has 3 aromatic rings. The maximum atomic E-state index is 5.28. The molecule has 1 heterocycles. The van der Waals surface area contributed by atoms with Gasteiger partial charge in [-0.2, -0.15) is 5.10 Å². The second kappa shape index (κ2) is 8.13. The Morgan fingerprint density at radius 3 is 2.56 bits per heavy atom. The van der Waals surface area contributed by atoms with E-state index < -0.39 is 0 Å². The Hall–Kier alpha value is -2.38. The summed E-state index contributed by atoms with van der Waals surface area (Å²) in [5, 5.41) is 6.96. The van der Waals surface area contributed by atoms with Crippen LogP contribution in [0.2, 0.25) is 0 Å². The molecule has 0 aliphatic carbocycles. The largest absolute Gasteiger partial charge is 0.493 e. The zero-order chi connectivity index (χ0) is 17.6. The van der Waals surface area contributed by atoms with Crippen molar-refractivity contribution >= 4 is 38.6 Å². The lowest BCUT2D eigenvalue weighted by Gasteiger charge is -2.07. The molecule has 1 aromatic heterocycles. The van der Waals surface area contributed by atoms with Crippen LogP contribution in [0.3, 0.4) is 0 Å². The summed E-state index contributed by atoms with van der Waals surface area (Å²) < 4.78 is 11.5. The molecule has 0 aliphatic heterocycles. The van der Waals surface area contributed by atoms with Crippen LogP contribution in [-0.4, -0.2) is 25.4 Å². The van der Waals surface area contributed by atoms with E-state index in [1.165, 1.54) is 11.3 Å². The van der Waals surface area contributed by atoms with Gasteiger partial charge in [0.2, 0.25) is 5.13 Å². The minimum absolute atomic E-state index is 0.665. The van der Waals surface area contributed by atoms with Gasteiger partial charge in [-0.1, -0.05) is 28.1 Å². The van der Waals surface area contributed by atoms with E-state index in [4.69, 9.17) is 9.47 Å². The molecular weight excluding hydrogens is 402 g/mol. The molecule has 0 bridgehead atoms. The Bertz CT molecular complexity index is 878. The normalized spacial score (nSPS) is 10.8. The quantitative estimate of drug-likeness (QED) is 0.450. The first-order valence-corrected chi connectivity index (χ1v) is 9.09. The molecule has 3 rings (SSSR count). The Morgan fingerprint density at radius 1 is 1.08 bits per heavy atom. The predicted octanol–water partition coefficient (Wildman–Crippen LogP) is 5.04. The van der Waals surface area contributed by atoms with Crippen LogP contribution >= 0.6 is 27.3 Å². The van der Waals surface area contributed by atoms with Crippen LogP contribution in [0, 0.1) is 0 Å². The molecule has 0 fully saturated rings. The Morgan fingerprint density at radius 2 is 1.84 bits per heavy atom. The van der Waals surface area contributed by atoms with Gasteiger partial charge in [-0.25, -0.2) is 4.98 Å². The van der Waals surface area contributed by atoms with E-state index in [0.717, 1.165) is 26.4 Å². The summed E-state index contributed by atoms with van der Waals surface area (Å²) in [4.78, 5) is 4.54. The number of aromatic nitrogens is 1. The van der Waals surface area contributed by atoms with Crippen LogP contribution in [0.1, 0.15) is 5.56 Å². The standard InChI is InChI=1S/C18H16BrN3O2S/c1-23-16-8-3-12(9-17(16)24-2)10-20-22-18-21-15(11-25-18)13-4-6-14(19)7-5-13/h3-11H,1-2H3,(H,21,22). The average molecular weight is 418 g/mol. The summed E-state index contributed by atoms with van der Waals surface area (Å²) in [5.41, 5.74) is 5.84. The highest BCUT2D eigenvalue weighted by Gasteiger charge is 2.05. The van der Waals surface area contributed by atoms with Crippen LogP contribution in [0.5, 0.6) is 11.5 Å². The lowest BCUT2D eigenvalue weighted by atomic mass is 10.2. The predicted molar refractivity (Wildman–Crippen MR) is 106 cm³/mol. The summed E-state index contributed by atoms with van der Waals surface area (Å²) in [6.45, 7) is 0. The maximum absolute atomic E-state index is 5.28. The van der Waals surface area contributed by atoms with Crippen molar-refractivity contribution in [2.75, 3.05) is 19.6 Å². The zero-order valence-electron chi connectivity index (χ0n) is 13.7. The van der Waals surface area contributed by atoms with E-state index in [1.54, 1.807) is 20.4 Å². The van der Waals surface area contributed by atoms with Crippen LogP contribution in [0.25, 0.3) is 11.3 Å². The first-order chi connectivity index (χ1) is 12.2. The van der Waals surface area contributed by atoms with Gasteiger partial charge in [0.15, 0.2) is 11.5 Å². The van der Waals surface area contributed by atoms with E-state index in [9.17, 15) is 0 Å². The van der Waals surface area contributed by atoms with Gasteiger partial charge in [-0.05, 0) is 35.9 Å². The number of hydrogen-bond acceptors (Lipinski definition) is 6. The Labute approximate surface area is 158 Å². The monoisotopic (exact) mass is 417 g/mol. The highest BCUT2D eigenvalue weighted by Crippen LogP contribution is 2.27. The number of halogens is 1. The fraction of sp³-hybridized carbons (Fsp3) is 0.111. The first-order valence-electron chi connectivity index (χ1n) is 7.42. The number of anilines is 1. The summed E-state index contributed by atoms with van der Waals surface area (Å²) in [6.07, 6.45) is 1.71. The minimum Gasteiger partial charge on any atom is -0.493 e. The maximum Gasteiger partial charge on any atom is 0.203 e. The number of nitrogens with one attached hydrogen (secondary N) is 1. The van der Waals surface area contributed by atoms with E-state index in [1.807, 2.05) is 47.8 Å². The fourth-order valence-corrected chi connectivity index (χ4v) is 3.11. The minimum atomic E-state index is 0.665. The van der Waals surface area contributed by atoms with Crippen LogP contribution in [0.4, 0.5) is 5.13 Å². The summed E-state index contributed by atoms with van der Waals surface area (Å²) in [5.74, 6) is 1.35. The van der Waals surface area contributed by atoms with Crippen molar-refractivity contribution in [1.82, 2.24) is 4.98 Å². The first kappa shape index (κ1) is 17.4. The topological polar surface area (TPSA) is 55.7 Å². The van der Waals surface area contributed by atoms with Crippen molar-refractivity contribution in [3.05, 3.63) is 57.9 Å². The lowest BCUT2D eigenvalue weighted by molar-refractivity contribution is 0.355. The molecule has 0 saturated carbocycles. The van der Waals surface area contributed by atoms with Gasteiger partial charge in [-0.3, -0.25) is 5.43 Å². The van der Waals surface area contributed by atoms with Gasteiger partial charge in [0, 0.05) is 15.4 Å². The van der Waals surface area contributed by atoms with Gasteiger partial charge < -0.3 is 9.47 Å². The summed E-state index contributed by atoms with van der Waals surface area (Å²) in [6, 6.07) is 13.6. The van der Waals surface area contributed by atoms with Gasteiger partial charge >= 0.3 is 0 Å². The van der Waals surface area contributed by atoms with E-state index in [0.29, 0.717) is 11.5 Å². The Kier molecular flexibility index (Phi) is 5.67. The van der Waals surface area contributed by atoms with E-state index in [-0.39, 0.29) is 0 Å². The number of rotatable bonds is 6. The zero-order valence-corrected chi connectivity index (χ0v) is 16.1. The van der Waals surface area contributed by atoms with Gasteiger partial charge in [0.05, 0.1) is 26.1 Å². The molecule has 0 saturated heterocycles. The van der Waals surface area contributed by atoms with Crippen molar-refractivity contribution in [3.8, 4) is 22.8 Å². The molecular formula is C18H16BrN3O2S. The number of thiazole rings is 1. The lowest BCUT2D eigenvalue weighted by Crippen LogP contribution is -1.93. The van der Waals surface area contributed by atoms with Gasteiger partial charge in [-0.15, -0.1) is 11.3 Å². The SMILES string of the molecule is COc1ccc(C=NNc2nc(-c3ccc(Br)cc3)cs2)cc1OC. The molecule has 2 aromatic carbocycles. The van der Waals surface area contributed by atoms with Crippen molar-refractivity contribution < 1.29 is 9.47 Å². The molecule has 7 heteroatoms. The highest BCUT2D eigenvalue weighted by molar-refractivity contribution is 9.10. The van der Waals surface area contributed by atoms with Crippen LogP contribution in [0.15, 0.2) is 57.4 Å². The van der Waals surface area contributed by atoms with Crippen molar-refractivity contribution in [2.45, 2.75) is 0 Å². The number of hydrogen-bond donors (Lipinski definition) is 1. The molecule has 5 nitrogen and oxygen atoms in total. The van der Waals surface area contributed by atoms with Crippen molar-refractivity contribution in [3.63, 3.8) is 0 Å². The number of ether oxygens (including phenoxy) is 2. The van der Waals surface area contributed by atoms with Crippen molar-refractivity contribution in [1.29, 1.82) is 0 Å². The van der Waals surface area contributed by atoms with E-state index >= 15 is 0 Å². The molecule has 0 radical (unpaired) electrons. The molecule has 25 heavy (non-hydrogen) atoms. The van der Waals surface area contributed by atoms with Crippen LogP contribution < -0.4 is 14.9 Å². The molecule has 128 valence electrons. The smallest absolute Gasteiger partial charge is 0.203 e. The fourth-order valence-electron chi connectivity index (χ4n) is 2.17. The number of benzene rings is 2. The van der Waals surface area contributed by atoms with Crippen molar-refractivity contribution in [2.24, 2.45) is 5.10 Å². The second-order valence-corrected chi connectivity index (χ2v) is 6.80. The molecule has 0 amide bonds. The third-order valence-corrected chi connectivity index (χ3v) is 4.70. The number of hydrazone groups is 1. The third-order valence-electron chi connectivity index (χ3n) is 3.43. The number of nitrogens with zero attached hydrogens (tertiary/aromatic N) is 2. The molecule has 0 spiro atoms. The second-order valence-electron chi connectivity index (χ2n) is 5.03. The molecule has 1 N–H and O–H groups in total. The third kappa shape index (κ3) is 4.37. The average Bonchev–Trinajstić information content (AvgIpc) is 3.11. The Balaban J connectivity index is 1.67.